The summed E-state index contributed by atoms with van der Waals surface area (Å²) in [6.07, 6.45) is 19.7. The number of esters is 1. The molecule has 2 aliphatic rings. The van der Waals surface area contributed by atoms with E-state index in [-0.39, 0.29) is 25.7 Å². The molecular weight excluding hydrogens is 556 g/mol. The largest absolute Gasteiger partial charge is 0.462 e. The van der Waals surface area contributed by atoms with Gasteiger partial charge in [0.2, 0.25) is 0 Å². The van der Waals surface area contributed by atoms with Crippen molar-refractivity contribution in [2.75, 3.05) is 26.9 Å². The van der Waals surface area contributed by atoms with E-state index in [0.29, 0.717) is 11.5 Å². The summed E-state index contributed by atoms with van der Waals surface area (Å²) in [7, 11) is 1.52. The summed E-state index contributed by atoms with van der Waals surface area (Å²) in [4.78, 5) is 12.0. The lowest BCUT2D eigenvalue weighted by atomic mass is 9.68. The summed E-state index contributed by atoms with van der Waals surface area (Å²) >= 11 is 0. The van der Waals surface area contributed by atoms with Crippen molar-refractivity contribution >= 4 is 5.97 Å². The van der Waals surface area contributed by atoms with Gasteiger partial charge >= 0.3 is 5.97 Å². The zero-order valence-corrected chi connectivity index (χ0v) is 28.5. The lowest BCUT2D eigenvalue weighted by Gasteiger charge is -2.38. The summed E-state index contributed by atoms with van der Waals surface area (Å²) in [5, 5.41) is 9.84. The molecule has 0 spiro atoms. The molecule has 4 nitrogen and oxygen atoms in total. The van der Waals surface area contributed by atoms with Gasteiger partial charge in [-0.15, -0.1) is 0 Å². The van der Waals surface area contributed by atoms with Gasteiger partial charge in [-0.3, -0.25) is 0 Å². The van der Waals surface area contributed by atoms with Crippen LogP contribution in [0.2, 0.25) is 0 Å². The van der Waals surface area contributed by atoms with Crippen LogP contribution in [0.15, 0.2) is 54.6 Å². The zero-order chi connectivity index (χ0) is 32.0. The third-order valence-corrected chi connectivity index (χ3v) is 10.9. The Balaban J connectivity index is 1.25. The van der Waals surface area contributed by atoms with Gasteiger partial charge < -0.3 is 14.6 Å². The summed E-state index contributed by atoms with van der Waals surface area (Å²) in [5.74, 6) is 3.12. The number of carbonyl (C=O) groups is 1. The number of hydrogen-bond acceptors (Lipinski definition) is 4. The highest BCUT2D eigenvalue weighted by Gasteiger charge is 2.31. The number of hydrogen-bond donors (Lipinski definition) is 1. The molecule has 2 aromatic rings. The van der Waals surface area contributed by atoms with E-state index in [9.17, 15) is 9.90 Å². The molecule has 0 heterocycles. The first-order valence-corrected chi connectivity index (χ1v) is 18.1. The molecule has 248 valence electrons. The fourth-order valence-corrected chi connectivity index (χ4v) is 7.99. The zero-order valence-electron chi connectivity index (χ0n) is 28.5. The molecule has 2 aliphatic carbocycles. The molecule has 1 N–H and O–H groups in total. The number of ether oxygens (including phenoxy) is 2. The number of aryl methyl sites for hydroxylation is 2. The van der Waals surface area contributed by atoms with E-state index >= 15 is 0 Å². The Morgan fingerprint density at radius 1 is 0.933 bits per heavy atom. The predicted molar refractivity (Wildman–Crippen MR) is 186 cm³/mol. The topological polar surface area (TPSA) is 55.8 Å². The standard InChI is InChI=1S/C41H60O4/c1-5-7-8-9-31-12-15-35(16-13-31)36-17-19-37(20-18-36)38-21-23-39(24-22-38)40-25-14-32(26-34(40)6-2)10-11-33(27-42)29-45-41(43)30(3)28-44-4/h14,21-26,31,33,35-37,42H,3,5-13,15-20,27-29H2,1-2,4H3. The van der Waals surface area contributed by atoms with E-state index in [1.165, 1.54) is 112 Å². The van der Waals surface area contributed by atoms with Crippen LogP contribution >= 0.6 is 0 Å². The Labute approximate surface area is 274 Å². The third-order valence-electron chi connectivity index (χ3n) is 10.9. The quantitative estimate of drug-likeness (QED) is 0.109. The molecule has 45 heavy (non-hydrogen) atoms. The Morgan fingerprint density at radius 3 is 2.24 bits per heavy atom. The van der Waals surface area contributed by atoms with Gasteiger partial charge in [-0.25, -0.2) is 4.79 Å². The molecule has 2 saturated carbocycles. The summed E-state index contributed by atoms with van der Waals surface area (Å²) in [6, 6.07) is 16.2. The van der Waals surface area contributed by atoms with Gasteiger partial charge in [-0.2, -0.15) is 0 Å². The average Bonchev–Trinajstić information content (AvgIpc) is 3.09. The van der Waals surface area contributed by atoms with Crippen molar-refractivity contribution in [2.45, 2.75) is 116 Å². The molecule has 4 rings (SSSR count). The average molecular weight is 617 g/mol. The number of methoxy groups -OCH3 is 1. The van der Waals surface area contributed by atoms with Crippen LogP contribution in [-0.2, 0) is 27.1 Å². The molecule has 0 amide bonds. The number of aliphatic hydroxyl groups is 1. The molecule has 0 radical (unpaired) electrons. The number of benzene rings is 2. The molecule has 4 heteroatoms. The van der Waals surface area contributed by atoms with E-state index in [2.05, 4.69) is 62.9 Å². The molecule has 2 fully saturated rings. The van der Waals surface area contributed by atoms with Crippen LogP contribution in [0.25, 0.3) is 11.1 Å². The van der Waals surface area contributed by atoms with Crippen LogP contribution in [-0.4, -0.2) is 38.0 Å². The van der Waals surface area contributed by atoms with Crippen molar-refractivity contribution < 1.29 is 19.4 Å². The summed E-state index contributed by atoms with van der Waals surface area (Å²) in [5.41, 5.74) is 7.02. The highest BCUT2D eigenvalue weighted by molar-refractivity contribution is 5.87. The van der Waals surface area contributed by atoms with Gasteiger partial charge in [0.25, 0.3) is 0 Å². The Hall–Kier alpha value is -2.43. The van der Waals surface area contributed by atoms with Crippen LogP contribution in [0.5, 0.6) is 0 Å². The predicted octanol–water partition coefficient (Wildman–Crippen LogP) is 9.86. The highest BCUT2D eigenvalue weighted by atomic mass is 16.5. The van der Waals surface area contributed by atoms with Gasteiger partial charge in [0.05, 0.1) is 18.8 Å². The van der Waals surface area contributed by atoms with E-state index < -0.39 is 5.97 Å². The lowest BCUT2D eigenvalue weighted by Crippen LogP contribution is -2.25. The van der Waals surface area contributed by atoms with Crippen LogP contribution in [0, 0.1) is 23.7 Å². The minimum Gasteiger partial charge on any atom is -0.462 e. The van der Waals surface area contributed by atoms with Gasteiger partial charge in [0.1, 0.15) is 0 Å². The number of rotatable bonds is 17. The molecular formula is C41H60O4. The number of carbonyl (C=O) groups excluding carboxylic acids is 1. The van der Waals surface area contributed by atoms with Gasteiger partial charge in [-0.1, -0.05) is 101 Å². The van der Waals surface area contributed by atoms with Crippen LogP contribution < -0.4 is 0 Å². The summed E-state index contributed by atoms with van der Waals surface area (Å²) < 4.78 is 10.3. The molecule has 0 aromatic heterocycles. The summed E-state index contributed by atoms with van der Waals surface area (Å²) in [6.45, 7) is 8.54. The third kappa shape index (κ3) is 10.5. The molecule has 0 bridgehead atoms. The van der Waals surface area contributed by atoms with E-state index in [0.717, 1.165) is 37.0 Å². The first-order valence-electron chi connectivity index (χ1n) is 18.1. The Bertz CT molecular complexity index is 1170. The molecule has 1 atom stereocenters. The first-order chi connectivity index (χ1) is 21.9. The van der Waals surface area contributed by atoms with Crippen molar-refractivity contribution in [2.24, 2.45) is 23.7 Å². The van der Waals surface area contributed by atoms with E-state index in [4.69, 9.17) is 9.47 Å². The van der Waals surface area contributed by atoms with Gasteiger partial charge in [0.15, 0.2) is 0 Å². The maximum absolute atomic E-state index is 12.0. The minimum absolute atomic E-state index is 0.0169. The minimum atomic E-state index is -0.461. The SMILES string of the molecule is C=C(COC)C(=O)OCC(CO)CCc1ccc(-c2ccc(C3CCC(C4CCC(CCCCC)CC4)CC3)cc2)c(CC)c1. The van der Waals surface area contributed by atoms with Crippen LogP contribution in [0.4, 0.5) is 0 Å². The van der Waals surface area contributed by atoms with Crippen molar-refractivity contribution in [1.82, 2.24) is 0 Å². The molecule has 2 aromatic carbocycles. The van der Waals surface area contributed by atoms with Crippen molar-refractivity contribution in [1.29, 1.82) is 0 Å². The Kier molecular flexibility index (Phi) is 14.7. The normalized spacial score (nSPS) is 22.6. The number of aliphatic hydroxyl groups excluding tert-OH is 1. The highest BCUT2D eigenvalue weighted by Crippen LogP contribution is 2.44. The maximum atomic E-state index is 12.0. The van der Waals surface area contributed by atoms with Crippen molar-refractivity contribution in [3.8, 4) is 11.1 Å². The first kappa shape index (κ1) is 35.4. The fourth-order valence-electron chi connectivity index (χ4n) is 7.99. The van der Waals surface area contributed by atoms with E-state index in [1.54, 1.807) is 0 Å². The van der Waals surface area contributed by atoms with Crippen molar-refractivity contribution in [3.63, 3.8) is 0 Å². The molecule has 0 saturated heterocycles. The van der Waals surface area contributed by atoms with Gasteiger partial charge in [-0.05, 0) is 109 Å². The lowest BCUT2D eigenvalue weighted by molar-refractivity contribution is -0.141. The second-order valence-corrected chi connectivity index (χ2v) is 14.1. The maximum Gasteiger partial charge on any atom is 0.335 e. The van der Waals surface area contributed by atoms with Crippen LogP contribution in [0.1, 0.15) is 120 Å². The fraction of sp³-hybridized carbons (Fsp3) is 0.634. The molecule has 1 unspecified atom stereocenters. The second kappa shape index (κ2) is 18.6. The van der Waals surface area contributed by atoms with Crippen molar-refractivity contribution in [3.05, 3.63) is 71.3 Å². The smallest absolute Gasteiger partial charge is 0.335 e. The Morgan fingerprint density at radius 2 is 1.62 bits per heavy atom. The molecule has 0 aliphatic heterocycles. The van der Waals surface area contributed by atoms with E-state index in [1.807, 2.05) is 0 Å². The monoisotopic (exact) mass is 616 g/mol. The number of unbranched alkanes of at least 4 members (excludes halogenated alkanes) is 2. The van der Waals surface area contributed by atoms with Gasteiger partial charge in [0, 0.05) is 19.6 Å². The van der Waals surface area contributed by atoms with Crippen LogP contribution in [0.3, 0.4) is 0 Å². The second-order valence-electron chi connectivity index (χ2n) is 14.1.